The van der Waals surface area contributed by atoms with Crippen LogP contribution in [0.4, 0.5) is 0 Å². The number of fused-ring (bicyclic) bond motifs is 1. The molecule has 1 aromatic heterocycles. The zero-order valence-electron chi connectivity index (χ0n) is 12.2. The van der Waals surface area contributed by atoms with Gasteiger partial charge in [0, 0.05) is 15.9 Å². The number of amides is 1. The predicted octanol–water partition coefficient (Wildman–Crippen LogP) is 3.07. The van der Waals surface area contributed by atoms with E-state index >= 15 is 0 Å². The minimum Gasteiger partial charge on any atom is -0.370 e. The summed E-state index contributed by atoms with van der Waals surface area (Å²) in [6, 6.07) is 16.8. The van der Waals surface area contributed by atoms with Crippen molar-refractivity contribution < 1.29 is 4.79 Å². The van der Waals surface area contributed by atoms with Gasteiger partial charge in [0.2, 0.25) is 0 Å². The molecule has 3 rings (SSSR count). The Labute approximate surface area is 138 Å². The number of H-pyrrole nitrogens is 1. The summed E-state index contributed by atoms with van der Waals surface area (Å²) in [6.07, 6.45) is 0. The van der Waals surface area contributed by atoms with Crippen LogP contribution in [0.5, 0.6) is 0 Å². The Kier molecular flexibility index (Phi) is 4.30. The van der Waals surface area contributed by atoms with Crippen molar-refractivity contribution in [1.29, 1.82) is 0 Å². The second-order valence-corrected chi connectivity index (χ2v) is 5.49. The monoisotopic (exact) mass is 326 g/mol. The molecule has 0 saturated heterocycles. The zero-order valence-corrected chi connectivity index (χ0v) is 13.0. The summed E-state index contributed by atoms with van der Waals surface area (Å²) in [5.41, 5.74) is 8.02. The molecule has 23 heavy (non-hydrogen) atoms. The number of carbonyl (C=O) groups is 1. The van der Waals surface area contributed by atoms with Gasteiger partial charge >= 0.3 is 0 Å². The number of nitrogens with zero attached hydrogens (tertiary/aromatic N) is 1. The smallest absolute Gasteiger partial charge is 0.274 e. The van der Waals surface area contributed by atoms with Crippen LogP contribution in [0.15, 0.2) is 59.6 Å². The maximum atomic E-state index is 12.2. The molecule has 0 saturated carbocycles. The van der Waals surface area contributed by atoms with Crippen molar-refractivity contribution >= 4 is 34.4 Å². The van der Waals surface area contributed by atoms with E-state index in [0.717, 1.165) is 16.5 Å². The second kappa shape index (κ2) is 6.54. The van der Waals surface area contributed by atoms with Crippen molar-refractivity contribution in [3.8, 4) is 0 Å². The third-order valence-corrected chi connectivity index (χ3v) is 3.58. The number of nitrogens with one attached hydrogen (secondary N) is 2. The van der Waals surface area contributed by atoms with Crippen molar-refractivity contribution in [1.82, 2.24) is 10.3 Å². The predicted molar refractivity (Wildman–Crippen MR) is 92.5 cm³/mol. The van der Waals surface area contributed by atoms with Gasteiger partial charge in [-0.05, 0) is 29.8 Å². The first-order valence-corrected chi connectivity index (χ1v) is 7.43. The molecular weight excluding hydrogens is 312 g/mol. The molecule has 5 nitrogen and oxygen atoms in total. The van der Waals surface area contributed by atoms with Crippen LogP contribution >= 0.6 is 11.6 Å². The van der Waals surface area contributed by atoms with Crippen LogP contribution in [0.25, 0.3) is 10.9 Å². The molecule has 0 unspecified atom stereocenters. The number of guanidine groups is 1. The van der Waals surface area contributed by atoms with Crippen molar-refractivity contribution in [2.24, 2.45) is 10.7 Å². The molecule has 1 heterocycles. The summed E-state index contributed by atoms with van der Waals surface area (Å²) in [7, 11) is 0. The molecule has 0 spiro atoms. The standard InChI is InChI=1S/C17H15ClN4O/c18-13-6-7-14-12(8-13)9-15(21-14)16(23)22-17(19)20-10-11-4-2-1-3-5-11/h1-9,21H,10H2,(H3,19,20,22,23). The molecule has 6 heteroatoms. The summed E-state index contributed by atoms with van der Waals surface area (Å²) in [5, 5.41) is 4.05. The van der Waals surface area contributed by atoms with Crippen LogP contribution in [-0.4, -0.2) is 16.9 Å². The Morgan fingerprint density at radius 2 is 1.96 bits per heavy atom. The molecule has 0 aliphatic carbocycles. The van der Waals surface area contributed by atoms with Gasteiger partial charge in [0.05, 0.1) is 6.54 Å². The molecule has 116 valence electrons. The van der Waals surface area contributed by atoms with Gasteiger partial charge in [-0.2, -0.15) is 0 Å². The number of aromatic amines is 1. The topological polar surface area (TPSA) is 83.3 Å². The fraction of sp³-hybridized carbons (Fsp3) is 0.0588. The molecular formula is C17H15ClN4O. The van der Waals surface area contributed by atoms with E-state index in [-0.39, 0.29) is 11.9 Å². The fourth-order valence-corrected chi connectivity index (χ4v) is 2.39. The van der Waals surface area contributed by atoms with Crippen LogP contribution in [0.2, 0.25) is 5.02 Å². The van der Waals surface area contributed by atoms with Gasteiger partial charge in [-0.3, -0.25) is 10.1 Å². The van der Waals surface area contributed by atoms with Crippen LogP contribution in [0.3, 0.4) is 0 Å². The maximum Gasteiger partial charge on any atom is 0.274 e. The highest BCUT2D eigenvalue weighted by molar-refractivity contribution is 6.31. The van der Waals surface area contributed by atoms with Crippen LogP contribution < -0.4 is 11.1 Å². The average Bonchev–Trinajstić information content (AvgIpc) is 2.97. The number of halogens is 1. The summed E-state index contributed by atoms with van der Waals surface area (Å²) < 4.78 is 0. The molecule has 1 amide bonds. The maximum absolute atomic E-state index is 12.2. The Bertz CT molecular complexity index is 871. The summed E-state index contributed by atoms with van der Waals surface area (Å²) in [6.45, 7) is 0.412. The number of carbonyl (C=O) groups excluding carboxylic acids is 1. The molecule has 0 bridgehead atoms. The first-order chi connectivity index (χ1) is 11.1. The molecule has 0 aliphatic heterocycles. The fourth-order valence-electron chi connectivity index (χ4n) is 2.21. The lowest BCUT2D eigenvalue weighted by Crippen LogP contribution is -2.37. The lowest BCUT2D eigenvalue weighted by molar-refractivity contribution is 0.0972. The van der Waals surface area contributed by atoms with Gasteiger partial charge in [-0.1, -0.05) is 41.9 Å². The highest BCUT2D eigenvalue weighted by Gasteiger charge is 2.10. The second-order valence-electron chi connectivity index (χ2n) is 5.06. The third-order valence-electron chi connectivity index (χ3n) is 3.34. The number of aliphatic imine (C=N–C) groups is 1. The number of aromatic nitrogens is 1. The summed E-state index contributed by atoms with van der Waals surface area (Å²) >= 11 is 5.94. The van der Waals surface area contributed by atoms with Crippen molar-refractivity contribution in [3.63, 3.8) is 0 Å². The van der Waals surface area contributed by atoms with E-state index in [0.29, 0.717) is 17.3 Å². The number of nitrogens with two attached hydrogens (primary N) is 1. The van der Waals surface area contributed by atoms with E-state index in [2.05, 4.69) is 15.3 Å². The van der Waals surface area contributed by atoms with E-state index in [1.165, 1.54) is 0 Å². The highest BCUT2D eigenvalue weighted by atomic mass is 35.5. The number of benzene rings is 2. The molecule has 0 radical (unpaired) electrons. The minimum absolute atomic E-state index is 0.0792. The summed E-state index contributed by atoms with van der Waals surface area (Å²) in [4.78, 5) is 19.4. The number of rotatable bonds is 3. The van der Waals surface area contributed by atoms with Crippen LogP contribution in [-0.2, 0) is 6.54 Å². The minimum atomic E-state index is -0.341. The Morgan fingerprint density at radius 1 is 1.17 bits per heavy atom. The van der Waals surface area contributed by atoms with E-state index in [1.807, 2.05) is 36.4 Å². The third kappa shape index (κ3) is 3.70. The van der Waals surface area contributed by atoms with Gasteiger partial charge in [0.1, 0.15) is 5.69 Å². The van der Waals surface area contributed by atoms with Crippen molar-refractivity contribution in [2.45, 2.75) is 6.54 Å². The van der Waals surface area contributed by atoms with Crippen LogP contribution in [0.1, 0.15) is 16.1 Å². The van der Waals surface area contributed by atoms with E-state index in [1.54, 1.807) is 18.2 Å². The lowest BCUT2D eigenvalue weighted by atomic mass is 10.2. The summed E-state index contributed by atoms with van der Waals surface area (Å²) in [5.74, 6) is -0.262. The molecule has 0 atom stereocenters. The molecule has 2 aromatic carbocycles. The highest BCUT2D eigenvalue weighted by Crippen LogP contribution is 2.19. The van der Waals surface area contributed by atoms with E-state index in [9.17, 15) is 4.79 Å². The first kappa shape index (κ1) is 15.1. The number of hydrogen-bond acceptors (Lipinski definition) is 2. The lowest BCUT2D eigenvalue weighted by Gasteiger charge is -2.03. The average molecular weight is 327 g/mol. The Hall–Kier alpha value is -2.79. The first-order valence-electron chi connectivity index (χ1n) is 7.05. The van der Waals surface area contributed by atoms with Gasteiger partial charge in [0.25, 0.3) is 5.91 Å². The van der Waals surface area contributed by atoms with Crippen molar-refractivity contribution in [2.75, 3.05) is 0 Å². The van der Waals surface area contributed by atoms with Crippen LogP contribution in [0, 0.1) is 0 Å². The normalized spacial score (nSPS) is 11.6. The Balaban J connectivity index is 1.69. The van der Waals surface area contributed by atoms with E-state index < -0.39 is 0 Å². The van der Waals surface area contributed by atoms with Gasteiger partial charge in [0.15, 0.2) is 5.96 Å². The quantitative estimate of drug-likeness (QED) is 0.510. The zero-order chi connectivity index (χ0) is 16.2. The van der Waals surface area contributed by atoms with Crippen molar-refractivity contribution in [3.05, 3.63) is 70.9 Å². The molecule has 0 fully saturated rings. The van der Waals surface area contributed by atoms with Gasteiger partial charge in [-0.25, -0.2) is 4.99 Å². The Morgan fingerprint density at radius 3 is 2.74 bits per heavy atom. The molecule has 4 N–H and O–H groups in total. The van der Waals surface area contributed by atoms with Gasteiger partial charge < -0.3 is 10.7 Å². The molecule has 3 aromatic rings. The molecule has 0 aliphatic rings. The van der Waals surface area contributed by atoms with E-state index in [4.69, 9.17) is 17.3 Å². The number of hydrogen-bond donors (Lipinski definition) is 3. The van der Waals surface area contributed by atoms with Gasteiger partial charge in [-0.15, -0.1) is 0 Å². The largest absolute Gasteiger partial charge is 0.370 e. The SMILES string of the molecule is NC(=NCc1ccccc1)NC(=O)c1cc2cc(Cl)ccc2[nH]1.